The Hall–Kier alpha value is -2.33. The SMILES string of the molecule is COc1ccc(C=NN=C2NC(=O)CS2)cc1CC#N. The number of hydrogen-bond acceptors (Lipinski definition) is 6. The Morgan fingerprint density at radius 1 is 1.60 bits per heavy atom. The largest absolute Gasteiger partial charge is 0.496 e. The number of nitriles is 1. The maximum absolute atomic E-state index is 11.0. The molecule has 1 heterocycles. The summed E-state index contributed by atoms with van der Waals surface area (Å²) >= 11 is 1.32. The van der Waals surface area contributed by atoms with E-state index in [1.807, 2.05) is 12.1 Å². The number of thioether (sulfide) groups is 1. The zero-order chi connectivity index (χ0) is 14.4. The van der Waals surface area contributed by atoms with Gasteiger partial charge in [-0.05, 0) is 23.8 Å². The Balaban J connectivity index is 2.11. The fourth-order valence-corrected chi connectivity index (χ4v) is 2.26. The van der Waals surface area contributed by atoms with Gasteiger partial charge in [-0.1, -0.05) is 11.8 Å². The van der Waals surface area contributed by atoms with Gasteiger partial charge >= 0.3 is 0 Å². The topological polar surface area (TPSA) is 86.8 Å². The summed E-state index contributed by atoms with van der Waals surface area (Å²) in [4.78, 5) is 11.0. The number of carbonyl (C=O) groups excluding carboxylic acids is 1. The third kappa shape index (κ3) is 3.59. The molecule has 1 aromatic rings. The zero-order valence-corrected chi connectivity index (χ0v) is 11.6. The highest BCUT2D eigenvalue weighted by Gasteiger charge is 2.15. The first-order valence-electron chi connectivity index (χ1n) is 5.80. The lowest BCUT2D eigenvalue weighted by Gasteiger charge is -2.05. The number of nitrogens with zero attached hydrogens (tertiary/aromatic N) is 3. The first-order valence-corrected chi connectivity index (χ1v) is 6.79. The molecule has 1 N–H and O–H groups in total. The number of methoxy groups -OCH3 is 1. The number of benzene rings is 1. The van der Waals surface area contributed by atoms with Crippen molar-refractivity contribution in [1.29, 1.82) is 5.26 Å². The molecule has 1 aromatic carbocycles. The second kappa shape index (κ2) is 6.73. The third-order valence-corrected chi connectivity index (χ3v) is 3.38. The van der Waals surface area contributed by atoms with Gasteiger partial charge in [0.2, 0.25) is 5.91 Å². The van der Waals surface area contributed by atoms with E-state index in [1.54, 1.807) is 19.4 Å². The molecule has 0 saturated carbocycles. The molecule has 102 valence electrons. The number of amidine groups is 1. The van der Waals surface area contributed by atoms with Gasteiger partial charge in [0.1, 0.15) is 5.75 Å². The fourth-order valence-electron chi connectivity index (χ4n) is 1.63. The number of carbonyl (C=O) groups is 1. The molecule has 0 aliphatic carbocycles. The summed E-state index contributed by atoms with van der Waals surface area (Å²) < 4.78 is 5.18. The normalized spacial score (nSPS) is 16.4. The second-order valence-electron chi connectivity index (χ2n) is 3.89. The molecule has 0 atom stereocenters. The first kappa shape index (κ1) is 14.1. The lowest BCUT2D eigenvalue weighted by atomic mass is 10.1. The van der Waals surface area contributed by atoms with Gasteiger partial charge in [0.05, 0.1) is 31.6 Å². The highest BCUT2D eigenvalue weighted by Crippen LogP contribution is 2.19. The van der Waals surface area contributed by atoms with Crippen LogP contribution in [-0.4, -0.2) is 30.2 Å². The van der Waals surface area contributed by atoms with Crippen molar-refractivity contribution in [1.82, 2.24) is 5.32 Å². The van der Waals surface area contributed by atoms with Crippen molar-refractivity contribution in [3.05, 3.63) is 29.3 Å². The van der Waals surface area contributed by atoms with E-state index < -0.39 is 0 Å². The molecule has 1 aliphatic rings. The van der Waals surface area contributed by atoms with Crippen LogP contribution in [-0.2, 0) is 11.2 Å². The van der Waals surface area contributed by atoms with Crippen LogP contribution < -0.4 is 10.1 Å². The average Bonchev–Trinajstić information content (AvgIpc) is 2.85. The number of hydrogen-bond donors (Lipinski definition) is 1. The molecule has 20 heavy (non-hydrogen) atoms. The van der Waals surface area contributed by atoms with E-state index in [-0.39, 0.29) is 12.3 Å². The van der Waals surface area contributed by atoms with Crippen molar-refractivity contribution in [3.63, 3.8) is 0 Å². The summed E-state index contributed by atoms with van der Waals surface area (Å²) in [5, 5.41) is 19.7. The molecule has 0 radical (unpaired) electrons. The highest BCUT2D eigenvalue weighted by molar-refractivity contribution is 8.15. The minimum Gasteiger partial charge on any atom is -0.496 e. The Morgan fingerprint density at radius 3 is 3.10 bits per heavy atom. The predicted octanol–water partition coefficient (Wildman–Crippen LogP) is 1.31. The second-order valence-corrected chi connectivity index (χ2v) is 4.86. The maximum atomic E-state index is 11.0. The molecule has 0 unspecified atom stereocenters. The van der Waals surface area contributed by atoms with Crippen LogP contribution in [0.4, 0.5) is 0 Å². The van der Waals surface area contributed by atoms with E-state index in [0.29, 0.717) is 16.7 Å². The lowest BCUT2D eigenvalue weighted by Crippen LogP contribution is -2.19. The van der Waals surface area contributed by atoms with Gasteiger partial charge in [-0.25, -0.2) is 0 Å². The molecule has 1 aliphatic heterocycles. The standard InChI is InChI=1S/C13H12N4O2S/c1-19-11-3-2-9(6-10(11)4-5-14)7-15-17-13-16-12(18)8-20-13/h2-3,6-7H,4,8H2,1H3,(H,16,17,18). The summed E-state index contributed by atoms with van der Waals surface area (Å²) in [5.41, 5.74) is 1.62. The van der Waals surface area contributed by atoms with Gasteiger partial charge in [0.25, 0.3) is 0 Å². The highest BCUT2D eigenvalue weighted by atomic mass is 32.2. The molecular formula is C13H12N4O2S. The predicted molar refractivity (Wildman–Crippen MR) is 77.9 cm³/mol. The molecule has 1 saturated heterocycles. The number of ether oxygens (including phenoxy) is 1. The number of nitrogens with one attached hydrogen (secondary N) is 1. The van der Waals surface area contributed by atoms with E-state index >= 15 is 0 Å². The summed E-state index contributed by atoms with van der Waals surface area (Å²) in [6, 6.07) is 7.52. The third-order valence-electron chi connectivity index (χ3n) is 2.52. The summed E-state index contributed by atoms with van der Waals surface area (Å²) in [5.74, 6) is 0.988. The van der Waals surface area contributed by atoms with Gasteiger partial charge < -0.3 is 10.1 Å². The first-order chi connectivity index (χ1) is 9.72. The molecule has 2 rings (SSSR count). The van der Waals surface area contributed by atoms with E-state index in [2.05, 4.69) is 21.6 Å². The van der Waals surface area contributed by atoms with Crippen molar-refractivity contribution in [2.75, 3.05) is 12.9 Å². The van der Waals surface area contributed by atoms with E-state index in [0.717, 1.165) is 11.1 Å². The molecule has 7 heteroatoms. The zero-order valence-electron chi connectivity index (χ0n) is 10.8. The van der Waals surface area contributed by atoms with Crippen molar-refractivity contribution < 1.29 is 9.53 Å². The minimum absolute atomic E-state index is 0.0651. The maximum Gasteiger partial charge on any atom is 0.236 e. The van der Waals surface area contributed by atoms with Crippen LogP contribution in [0.3, 0.4) is 0 Å². The average molecular weight is 288 g/mol. The van der Waals surface area contributed by atoms with Gasteiger partial charge in [-0.15, -0.1) is 5.10 Å². The van der Waals surface area contributed by atoms with Gasteiger partial charge in [0, 0.05) is 5.56 Å². The molecule has 0 bridgehead atoms. The Bertz CT molecular complexity index is 619. The van der Waals surface area contributed by atoms with E-state index in [1.165, 1.54) is 11.8 Å². The van der Waals surface area contributed by atoms with Gasteiger partial charge in [-0.2, -0.15) is 10.4 Å². The summed E-state index contributed by atoms with van der Waals surface area (Å²) in [6.07, 6.45) is 1.84. The van der Waals surface area contributed by atoms with Crippen molar-refractivity contribution >= 4 is 29.1 Å². The number of rotatable bonds is 4. The lowest BCUT2D eigenvalue weighted by molar-refractivity contribution is -0.116. The Labute approximate surface area is 120 Å². The molecule has 0 spiro atoms. The minimum atomic E-state index is -0.0651. The molecule has 0 aromatic heterocycles. The molecular weight excluding hydrogens is 276 g/mol. The fraction of sp³-hybridized carbons (Fsp3) is 0.231. The Morgan fingerprint density at radius 2 is 2.45 bits per heavy atom. The smallest absolute Gasteiger partial charge is 0.236 e. The van der Waals surface area contributed by atoms with Crippen molar-refractivity contribution in [3.8, 4) is 11.8 Å². The summed E-state index contributed by atoms with van der Waals surface area (Å²) in [7, 11) is 1.57. The van der Waals surface area contributed by atoms with Crippen LogP contribution in [0, 0.1) is 11.3 Å². The molecule has 1 amide bonds. The van der Waals surface area contributed by atoms with Crippen molar-refractivity contribution in [2.24, 2.45) is 10.2 Å². The van der Waals surface area contributed by atoms with E-state index in [4.69, 9.17) is 10.00 Å². The molecule has 6 nitrogen and oxygen atoms in total. The Kier molecular flexibility index (Phi) is 4.74. The van der Waals surface area contributed by atoms with Crippen LogP contribution >= 0.6 is 11.8 Å². The number of amides is 1. The van der Waals surface area contributed by atoms with Crippen molar-refractivity contribution in [2.45, 2.75) is 6.42 Å². The van der Waals surface area contributed by atoms with Crippen LogP contribution in [0.5, 0.6) is 5.75 Å². The van der Waals surface area contributed by atoms with E-state index in [9.17, 15) is 4.79 Å². The monoisotopic (exact) mass is 288 g/mol. The van der Waals surface area contributed by atoms with Crippen LogP contribution in [0.25, 0.3) is 0 Å². The summed E-state index contributed by atoms with van der Waals surface area (Å²) in [6.45, 7) is 0. The van der Waals surface area contributed by atoms with Crippen LogP contribution in [0.15, 0.2) is 28.4 Å². The van der Waals surface area contributed by atoms with Gasteiger partial charge in [0.15, 0.2) is 5.17 Å². The molecule has 1 fully saturated rings. The van der Waals surface area contributed by atoms with Crippen LogP contribution in [0.1, 0.15) is 11.1 Å². The quantitative estimate of drug-likeness (QED) is 0.668. The van der Waals surface area contributed by atoms with Crippen LogP contribution in [0.2, 0.25) is 0 Å². The van der Waals surface area contributed by atoms with Gasteiger partial charge in [-0.3, -0.25) is 4.79 Å².